The molecule has 0 radical (unpaired) electrons. The Morgan fingerprint density at radius 3 is 2.86 bits per heavy atom. The maximum atomic E-state index is 11.9. The molecule has 6 atom stereocenters. The Bertz CT molecular complexity index is 633. The molecule has 5 nitrogen and oxygen atoms in total. The van der Waals surface area contributed by atoms with E-state index in [9.17, 15) is 9.59 Å². The number of rotatable bonds is 1. The van der Waals surface area contributed by atoms with E-state index in [4.69, 9.17) is 14.2 Å². The molecule has 1 saturated carbocycles. The van der Waals surface area contributed by atoms with Gasteiger partial charge in [-0.15, -0.1) is 0 Å². The van der Waals surface area contributed by atoms with E-state index in [1.165, 1.54) is 12.5 Å². The fourth-order valence-corrected chi connectivity index (χ4v) is 4.60. The Morgan fingerprint density at radius 2 is 2.18 bits per heavy atom. The van der Waals surface area contributed by atoms with Gasteiger partial charge >= 0.3 is 11.9 Å². The predicted molar refractivity (Wildman–Crippen MR) is 76.8 cm³/mol. The Kier molecular flexibility index (Phi) is 2.69. The Morgan fingerprint density at radius 1 is 1.45 bits per heavy atom. The Labute approximate surface area is 129 Å². The molecule has 0 unspecified atom stereocenters. The molecule has 0 aromatic carbocycles. The highest BCUT2D eigenvalue weighted by atomic mass is 16.7. The molecule has 0 aromatic heterocycles. The first kappa shape index (κ1) is 14.0. The molecular formula is C17H20O5. The second-order valence-electron chi connectivity index (χ2n) is 7.01. The number of hydrogen-bond donors (Lipinski definition) is 0. The van der Waals surface area contributed by atoms with Crippen LogP contribution in [0.1, 0.15) is 33.6 Å². The predicted octanol–water partition coefficient (Wildman–Crippen LogP) is 1.91. The zero-order valence-corrected chi connectivity index (χ0v) is 13.0. The van der Waals surface area contributed by atoms with Crippen LogP contribution >= 0.6 is 0 Å². The summed E-state index contributed by atoms with van der Waals surface area (Å²) in [4.78, 5) is 23.4. The number of carbonyl (C=O) groups excluding carboxylic acids is 2. The van der Waals surface area contributed by atoms with Gasteiger partial charge in [-0.3, -0.25) is 4.79 Å². The minimum Gasteiger partial charge on any atom is -0.458 e. The van der Waals surface area contributed by atoms with Gasteiger partial charge in [-0.25, -0.2) is 4.79 Å². The molecule has 2 heterocycles. The second-order valence-corrected chi connectivity index (χ2v) is 7.01. The summed E-state index contributed by atoms with van der Waals surface area (Å²) in [6.07, 6.45) is 0.983. The van der Waals surface area contributed by atoms with Gasteiger partial charge in [0.25, 0.3) is 0 Å². The van der Waals surface area contributed by atoms with Crippen molar-refractivity contribution in [3.05, 3.63) is 23.3 Å². The lowest BCUT2D eigenvalue weighted by Gasteiger charge is -2.28. The van der Waals surface area contributed by atoms with Gasteiger partial charge in [-0.2, -0.15) is 0 Å². The average molecular weight is 304 g/mol. The van der Waals surface area contributed by atoms with Crippen LogP contribution in [0.5, 0.6) is 0 Å². The topological polar surface area (TPSA) is 65.1 Å². The Balaban J connectivity index is 1.78. The summed E-state index contributed by atoms with van der Waals surface area (Å²) in [5.74, 6) is -0.622. The van der Waals surface area contributed by atoms with Crippen molar-refractivity contribution >= 4 is 11.9 Å². The number of ether oxygens (including phenoxy) is 3. The van der Waals surface area contributed by atoms with Crippen molar-refractivity contribution in [1.29, 1.82) is 0 Å². The lowest BCUT2D eigenvalue weighted by atomic mass is 9.81. The zero-order chi connectivity index (χ0) is 15.8. The highest BCUT2D eigenvalue weighted by Crippen LogP contribution is 2.62. The van der Waals surface area contributed by atoms with Crippen molar-refractivity contribution in [1.82, 2.24) is 0 Å². The van der Waals surface area contributed by atoms with Gasteiger partial charge in [-0.1, -0.05) is 12.2 Å². The smallest absolute Gasteiger partial charge is 0.334 e. The number of epoxide rings is 1. The molecule has 0 N–H and O–H groups in total. The molecule has 4 rings (SSSR count). The van der Waals surface area contributed by atoms with Crippen LogP contribution in [0.3, 0.4) is 0 Å². The summed E-state index contributed by atoms with van der Waals surface area (Å²) in [5.41, 5.74) is 2.49. The molecule has 2 saturated heterocycles. The normalized spacial score (nSPS) is 45.7. The fourth-order valence-electron chi connectivity index (χ4n) is 4.60. The number of hydrogen-bond acceptors (Lipinski definition) is 5. The SMILES string of the molecule is C=C1C(=O)O[C@H]2[C@H]1CCC(C)=C1[C@H](OC(C)=O)[C@H]3O[C@@]3(C)[C@@H]12. The molecule has 5 heteroatoms. The summed E-state index contributed by atoms with van der Waals surface area (Å²) >= 11 is 0. The van der Waals surface area contributed by atoms with Crippen molar-refractivity contribution in [2.24, 2.45) is 11.8 Å². The van der Waals surface area contributed by atoms with Crippen LogP contribution < -0.4 is 0 Å². The third-order valence-electron chi connectivity index (χ3n) is 5.72. The number of carbonyl (C=O) groups is 2. The van der Waals surface area contributed by atoms with Gasteiger partial charge in [0.2, 0.25) is 0 Å². The van der Waals surface area contributed by atoms with Gasteiger partial charge in [0.1, 0.15) is 17.8 Å². The molecule has 22 heavy (non-hydrogen) atoms. The van der Waals surface area contributed by atoms with E-state index in [2.05, 4.69) is 13.5 Å². The summed E-state index contributed by atoms with van der Waals surface area (Å²) < 4.78 is 17.1. The Hall–Kier alpha value is -1.62. The quantitative estimate of drug-likeness (QED) is 0.320. The van der Waals surface area contributed by atoms with Gasteiger partial charge in [0.05, 0.1) is 5.92 Å². The number of fused-ring (bicyclic) bond motifs is 5. The molecule has 118 valence electrons. The van der Waals surface area contributed by atoms with Crippen LogP contribution in [-0.4, -0.2) is 35.9 Å². The lowest BCUT2D eigenvalue weighted by Crippen LogP contribution is -2.35. The van der Waals surface area contributed by atoms with Crippen molar-refractivity contribution in [2.45, 2.75) is 57.5 Å². The maximum absolute atomic E-state index is 11.9. The third kappa shape index (κ3) is 1.63. The fraction of sp³-hybridized carbons (Fsp3) is 0.647. The van der Waals surface area contributed by atoms with Crippen LogP contribution in [0.4, 0.5) is 0 Å². The highest BCUT2D eigenvalue weighted by molar-refractivity contribution is 5.91. The first-order valence-electron chi connectivity index (χ1n) is 7.79. The minimum absolute atomic E-state index is 0.0303. The van der Waals surface area contributed by atoms with Gasteiger partial charge in [0.15, 0.2) is 6.10 Å². The number of esters is 2. The van der Waals surface area contributed by atoms with E-state index in [0.717, 1.165) is 18.4 Å². The molecule has 0 spiro atoms. The van der Waals surface area contributed by atoms with E-state index in [1.807, 2.05) is 6.92 Å². The van der Waals surface area contributed by atoms with E-state index >= 15 is 0 Å². The van der Waals surface area contributed by atoms with Gasteiger partial charge in [0, 0.05) is 18.4 Å². The molecule has 4 aliphatic rings. The molecule has 0 aromatic rings. The van der Waals surface area contributed by atoms with Crippen LogP contribution in [-0.2, 0) is 23.8 Å². The van der Waals surface area contributed by atoms with Crippen molar-refractivity contribution < 1.29 is 23.8 Å². The lowest BCUT2D eigenvalue weighted by molar-refractivity contribution is -0.147. The molecule has 0 bridgehead atoms. The van der Waals surface area contributed by atoms with Crippen LogP contribution in [0, 0.1) is 11.8 Å². The molecule has 0 amide bonds. The van der Waals surface area contributed by atoms with Crippen molar-refractivity contribution in [3.63, 3.8) is 0 Å². The van der Waals surface area contributed by atoms with Crippen LogP contribution in [0.25, 0.3) is 0 Å². The summed E-state index contributed by atoms with van der Waals surface area (Å²) in [5, 5.41) is 0. The average Bonchev–Trinajstić information content (AvgIpc) is 3.00. The first-order valence-corrected chi connectivity index (χ1v) is 7.79. The molecule has 3 fully saturated rings. The maximum Gasteiger partial charge on any atom is 0.334 e. The summed E-state index contributed by atoms with van der Waals surface area (Å²) in [6.45, 7) is 9.43. The first-order chi connectivity index (χ1) is 10.3. The zero-order valence-electron chi connectivity index (χ0n) is 13.0. The molecule has 2 aliphatic carbocycles. The third-order valence-corrected chi connectivity index (χ3v) is 5.72. The molecule has 2 aliphatic heterocycles. The van der Waals surface area contributed by atoms with Crippen molar-refractivity contribution in [2.75, 3.05) is 0 Å². The number of allylic oxidation sites excluding steroid dienone is 1. The van der Waals surface area contributed by atoms with E-state index < -0.39 is 5.60 Å². The minimum atomic E-state index is -0.408. The van der Waals surface area contributed by atoms with Crippen LogP contribution in [0.2, 0.25) is 0 Å². The van der Waals surface area contributed by atoms with E-state index in [-0.39, 0.29) is 42.1 Å². The standard InChI is InChI=1S/C17H20O5/c1-7-5-6-10-8(2)16(19)21-13(10)12-11(7)14(20-9(3)18)15-17(12,4)22-15/h10,12-15H,2,5-6H2,1,3-4H3/t10-,12-,13-,14-,15+,17-/m0/s1. The second kappa shape index (κ2) is 4.22. The van der Waals surface area contributed by atoms with Crippen LogP contribution in [0.15, 0.2) is 23.3 Å². The largest absolute Gasteiger partial charge is 0.458 e. The van der Waals surface area contributed by atoms with Gasteiger partial charge in [-0.05, 0) is 32.3 Å². The highest BCUT2D eigenvalue weighted by Gasteiger charge is 2.74. The van der Waals surface area contributed by atoms with E-state index in [0.29, 0.717) is 5.57 Å². The monoisotopic (exact) mass is 304 g/mol. The summed E-state index contributed by atoms with van der Waals surface area (Å²) in [6, 6.07) is 0. The summed E-state index contributed by atoms with van der Waals surface area (Å²) in [7, 11) is 0. The van der Waals surface area contributed by atoms with E-state index in [1.54, 1.807) is 0 Å². The van der Waals surface area contributed by atoms with Gasteiger partial charge < -0.3 is 14.2 Å². The van der Waals surface area contributed by atoms with Crippen molar-refractivity contribution in [3.8, 4) is 0 Å². The molecular weight excluding hydrogens is 284 g/mol.